The van der Waals surface area contributed by atoms with Crippen molar-refractivity contribution in [3.8, 4) is 0 Å². The van der Waals surface area contributed by atoms with Gasteiger partial charge in [-0.25, -0.2) is 4.68 Å². The molecular formula is C17H22ClN5O2. The summed E-state index contributed by atoms with van der Waals surface area (Å²) in [6.45, 7) is 4.18. The third kappa shape index (κ3) is 4.12. The molecule has 1 saturated heterocycles. The van der Waals surface area contributed by atoms with Crippen LogP contribution in [0.3, 0.4) is 0 Å². The summed E-state index contributed by atoms with van der Waals surface area (Å²) in [5, 5.41) is 13.2. The lowest BCUT2D eigenvalue weighted by Gasteiger charge is -2.36. The maximum Gasteiger partial charge on any atom is 0.287 e. The lowest BCUT2D eigenvalue weighted by atomic mass is 10.2. The van der Waals surface area contributed by atoms with Crippen molar-refractivity contribution in [2.75, 3.05) is 43.4 Å². The number of nitrogens with zero attached hydrogens (tertiary/aromatic N) is 4. The van der Waals surface area contributed by atoms with Gasteiger partial charge in [0.1, 0.15) is 5.02 Å². The highest BCUT2D eigenvalue weighted by Crippen LogP contribution is 2.22. The van der Waals surface area contributed by atoms with Gasteiger partial charge in [0.25, 0.3) is 5.56 Å². The Morgan fingerprint density at radius 1 is 1.16 bits per heavy atom. The second-order valence-electron chi connectivity index (χ2n) is 6.10. The molecule has 0 atom stereocenters. The van der Waals surface area contributed by atoms with E-state index in [1.807, 2.05) is 24.3 Å². The molecule has 2 heterocycles. The first kappa shape index (κ1) is 17.7. The predicted molar refractivity (Wildman–Crippen MR) is 98.9 cm³/mol. The summed E-state index contributed by atoms with van der Waals surface area (Å²) in [5.41, 5.74) is 8.02. The molecule has 0 radical (unpaired) electrons. The van der Waals surface area contributed by atoms with E-state index < -0.39 is 0 Å². The Bertz CT molecular complexity index is 770. The summed E-state index contributed by atoms with van der Waals surface area (Å²) in [6.07, 6.45) is 1.61. The Balaban J connectivity index is 1.63. The fourth-order valence-electron chi connectivity index (χ4n) is 2.96. The number of aliphatic hydroxyl groups excluding tert-OH is 1. The van der Waals surface area contributed by atoms with Gasteiger partial charge in [0.15, 0.2) is 0 Å². The van der Waals surface area contributed by atoms with E-state index in [0.717, 1.165) is 38.4 Å². The van der Waals surface area contributed by atoms with Crippen molar-refractivity contribution in [3.63, 3.8) is 0 Å². The third-order valence-electron chi connectivity index (χ3n) is 4.38. The second kappa shape index (κ2) is 7.86. The minimum absolute atomic E-state index is 0.146. The highest BCUT2D eigenvalue weighted by atomic mass is 35.5. The topological polar surface area (TPSA) is 87.6 Å². The van der Waals surface area contributed by atoms with Crippen LogP contribution in [-0.4, -0.2) is 52.6 Å². The van der Waals surface area contributed by atoms with E-state index >= 15 is 0 Å². The molecule has 8 heteroatoms. The first-order chi connectivity index (χ1) is 12.1. The fraction of sp³-hybridized carbons (Fsp3) is 0.412. The van der Waals surface area contributed by atoms with Crippen LogP contribution in [0.25, 0.3) is 0 Å². The fourth-order valence-corrected chi connectivity index (χ4v) is 3.22. The Labute approximate surface area is 151 Å². The van der Waals surface area contributed by atoms with Crippen LogP contribution in [0.1, 0.15) is 5.56 Å². The Kier molecular flexibility index (Phi) is 5.57. The number of hydrogen-bond donors (Lipinski definition) is 2. The number of aromatic nitrogens is 2. The molecule has 0 saturated carbocycles. The number of hydrogen-bond acceptors (Lipinski definition) is 6. The zero-order valence-corrected chi connectivity index (χ0v) is 14.7. The Hall–Kier alpha value is -2.09. The molecule has 1 aromatic carbocycles. The van der Waals surface area contributed by atoms with E-state index in [4.69, 9.17) is 22.4 Å². The maximum atomic E-state index is 12.2. The standard InChI is InChI=1S/C17H22ClN5O2/c18-16-15(11-20-23(9-10-24)17(16)25)22-7-5-21(6-8-22)12-13-1-3-14(19)4-2-13/h1-4,11,24H,5-10,12,19H2. The molecule has 7 nitrogen and oxygen atoms in total. The van der Waals surface area contributed by atoms with E-state index in [2.05, 4.69) is 14.9 Å². The Morgan fingerprint density at radius 2 is 1.84 bits per heavy atom. The first-order valence-electron chi connectivity index (χ1n) is 8.26. The van der Waals surface area contributed by atoms with Crippen molar-refractivity contribution >= 4 is 23.0 Å². The molecule has 25 heavy (non-hydrogen) atoms. The largest absolute Gasteiger partial charge is 0.399 e. The number of halogens is 1. The SMILES string of the molecule is Nc1ccc(CN2CCN(c3cnn(CCO)c(=O)c3Cl)CC2)cc1. The van der Waals surface area contributed by atoms with Crippen LogP contribution in [0.2, 0.25) is 5.02 Å². The zero-order valence-electron chi connectivity index (χ0n) is 13.9. The van der Waals surface area contributed by atoms with Crippen molar-refractivity contribution in [3.05, 3.63) is 51.4 Å². The molecule has 3 N–H and O–H groups in total. The van der Waals surface area contributed by atoms with Crippen molar-refractivity contribution in [2.24, 2.45) is 0 Å². The lowest BCUT2D eigenvalue weighted by molar-refractivity contribution is 0.249. The van der Waals surface area contributed by atoms with Gasteiger partial charge >= 0.3 is 0 Å². The van der Waals surface area contributed by atoms with Crippen molar-refractivity contribution < 1.29 is 5.11 Å². The number of piperazine rings is 1. The van der Waals surface area contributed by atoms with Crippen LogP contribution in [0.5, 0.6) is 0 Å². The summed E-state index contributed by atoms with van der Waals surface area (Å²) in [4.78, 5) is 16.6. The van der Waals surface area contributed by atoms with Gasteiger partial charge in [-0.05, 0) is 17.7 Å². The van der Waals surface area contributed by atoms with E-state index in [0.29, 0.717) is 5.69 Å². The molecule has 2 aromatic rings. The molecule has 1 aliphatic heterocycles. The summed E-state index contributed by atoms with van der Waals surface area (Å²) in [5.74, 6) is 0. The summed E-state index contributed by atoms with van der Waals surface area (Å²) in [6, 6.07) is 7.92. The van der Waals surface area contributed by atoms with Gasteiger partial charge in [-0.3, -0.25) is 9.69 Å². The second-order valence-corrected chi connectivity index (χ2v) is 6.48. The van der Waals surface area contributed by atoms with Crippen LogP contribution in [0.4, 0.5) is 11.4 Å². The van der Waals surface area contributed by atoms with Gasteiger partial charge < -0.3 is 15.7 Å². The van der Waals surface area contributed by atoms with Gasteiger partial charge in [0.05, 0.1) is 25.0 Å². The molecule has 1 aliphatic rings. The van der Waals surface area contributed by atoms with Crippen LogP contribution in [-0.2, 0) is 13.1 Å². The molecular weight excluding hydrogens is 342 g/mol. The number of anilines is 2. The highest BCUT2D eigenvalue weighted by molar-refractivity contribution is 6.33. The van der Waals surface area contributed by atoms with Crippen LogP contribution in [0, 0.1) is 0 Å². The number of nitrogens with two attached hydrogens (primary N) is 1. The molecule has 1 aromatic heterocycles. The number of benzene rings is 1. The number of nitrogen functional groups attached to an aromatic ring is 1. The molecule has 0 amide bonds. The van der Waals surface area contributed by atoms with Crippen LogP contribution in [0.15, 0.2) is 35.3 Å². The smallest absolute Gasteiger partial charge is 0.287 e. The minimum Gasteiger partial charge on any atom is -0.399 e. The van der Waals surface area contributed by atoms with Gasteiger partial charge in [0.2, 0.25) is 0 Å². The van der Waals surface area contributed by atoms with E-state index in [-0.39, 0.29) is 23.7 Å². The summed E-state index contributed by atoms with van der Waals surface area (Å²) < 4.78 is 1.18. The van der Waals surface area contributed by atoms with Gasteiger partial charge in [0, 0.05) is 38.4 Å². The first-order valence-corrected chi connectivity index (χ1v) is 8.64. The quantitative estimate of drug-likeness (QED) is 0.764. The van der Waals surface area contributed by atoms with E-state index in [1.54, 1.807) is 6.20 Å². The van der Waals surface area contributed by atoms with Crippen LogP contribution >= 0.6 is 11.6 Å². The van der Waals surface area contributed by atoms with Gasteiger partial charge in [-0.15, -0.1) is 0 Å². The Morgan fingerprint density at radius 3 is 2.48 bits per heavy atom. The molecule has 0 unspecified atom stereocenters. The molecule has 0 spiro atoms. The van der Waals surface area contributed by atoms with Gasteiger partial charge in [-0.1, -0.05) is 23.7 Å². The summed E-state index contributed by atoms with van der Waals surface area (Å²) >= 11 is 6.23. The molecule has 3 rings (SSSR count). The minimum atomic E-state index is -0.363. The van der Waals surface area contributed by atoms with Crippen molar-refractivity contribution in [1.29, 1.82) is 0 Å². The monoisotopic (exact) mass is 363 g/mol. The van der Waals surface area contributed by atoms with Crippen molar-refractivity contribution in [2.45, 2.75) is 13.1 Å². The zero-order chi connectivity index (χ0) is 17.8. The molecule has 134 valence electrons. The number of rotatable bonds is 5. The summed E-state index contributed by atoms with van der Waals surface area (Å²) in [7, 11) is 0. The predicted octanol–water partition coefficient (Wildman–Crippen LogP) is 0.793. The van der Waals surface area contributed by atoms with E-state index in [1.165, 1.54) is 10.2 Å². The average molecular weight is 364 g/mol. The normalized spacial score (nSPS) is 15.5. The third-order valence-corrected chi connectivity index (χ3v) is 4.73. The lowest BCUT2D eigenvalue weighted by Crippen LogP contribution is -2.46. The molecule has 1 fully saturated rings. The van der Waals surface area contributed by atoms with Crippen LogP contribution < -0.4 is 16.2 Å². The molecule has 0 aliphatic carbocycles. The van der Waals surface area contributed by atoms with Crippen molar-refractivity contribution in [1.82, 2.24) is 14.7 Å². The van der Waals surface area contributed by atoms with E-state index in [9.17, 15) is 4.79 Å². The highest BCUT2D eigenvalue weighted by Gasteiger charge is 2.21. The van der Waals surface area contributed by atoms with Gasteiger partial charge in [-0.2, -0.15) is 5.10 Å². The number of aliphatic hydroxyl groups is 1. The average Bonchev–Trinajstić information content (AvgIpc) is 2.62. The molecule has 0 bridgehead atoms. The maximum absolute atomic E-state index is 12.2.